The van der Waals surface area contributed by atoms with Crippen LogP contribution < -0.4 is 10.9 Å². The highest BCUT2D eigenvalue weighted by Gasteiger charge is 2.23. The molecule has 0 aliphatic carbocycles. The van der Waals surface area contributed by atoms with Gasteiger partial charge in [0.2, 0.25) is 0 Å². The Morgan fingerprint density at radius 2 is 1.97 bits per heavy atom. The first-order valence-corrected chi connectivity index (χ1v) is 10.8. The molecule has 0 radical (unpaired) electrons. The van der Waals surface area contributed by atoms with Crippen molar-refractivity contribution in [3.05, 3.63) is 52.7 Å². The topological polar surface area (TPSA) is 80.4 Å². The summed E-state index contributed by atoms with van der Waals surface area (Å²) in [7, 11) is 0. The van der Waals surface area contributed by atoms with Gasteiger partial charge in [0, 0.05) is 43.0 Å². The van der Waals surface area contributed by atoms with Gasteiger partial charge in [-0.3, -0.25) is 9.69 Å². The Balaban J connectivity index is 1.39. The molecule has 3 aromatic rings. The summed E-state index contributed by atoms with van der Waals surface area (Å²) in [6.07, 6.45) is 7.17. The minimum Gasteiger partial charge on any atom is -0.367 e. The number of piperidine rings is 1. The summed E-state index contributed by atoms with van der Waals surface area (Å²) in [5.74, 6) is 0.849. The molecule has 4 heterocycles. The maximum Gasteiger partial charge on any atom is 0.266 e. The molecule has 1 aliphatic heterocycles. The molecule has 1 saturated heterocycles. The van der Waals surface area contributed by atoms with E-state index in [0.717, 1.165) is 43.2 Å². The van der Waals surface area contributed by atoms with Gasteiger partial charge >= 0.3 is 0 Å². The van der Waals surface area contributed by atoms with Crippen LogP contribution in [-0.2, 0) is 12.0 Å². The number of imidazole rings is 1. The van der Waals surface area contributed by atoms with Crippen molar-refractivity contribution in [1.29, 1.82) is 0 Å². The zero-order valence-electron chi connectivity index (χ0n) is 18.1. The molecule has 1 fully saturated rings. The molecule has 0 aromatic carbocycles. The van der Waals surface area contributed by atoms with Crippen molar-refractivity contribution in [3.8, 4) is 0 Å². The number of hydrogen-bond acceptors (Lipinski definition) is 6. The number of nitrogens with zero attached hydrogens (tertiary/aromatic N) is 6. The highest BCUT2D eigenvalue weighted by atomic mass is 16.1. The normalized spacial score (nSPS) is 18.0. The molecular weight excluding hydrogens is 378 g/mol. The molecule has 30 heavy (non-hydrogen) atoms. The lowest BCUT2D eigenvalue weighted by Crippen LogP contribution is -2.45. The number of hydrogen-bond donors (Lipinski definition) is 1. The van der Waals surface area contributed by atoms with Gasteiger partial charge in [-0.1, -0.05) is 27.2 Å². The SMILES string of the molecule is CC(C)(C)c1ccc(=O)n(CCN2CCCCC2CNc2ccc3nccn3n2)n1. The van der Waals surface area contributed by atoms with E-state index in [2.05, 4.69) is 46.2 Å². The van der Waals surface area contributed by atoms with Gasteiger partial charge < -0.3 is 5.32 Å². The number of anilines is 1. The van der Waals surface area contributed by atoms with Crippen LogP contribution in [0.5, 0.6) is 0 Å². The molecule has 0 bridgehead atoms. The fourth-order valence-corrected chi connectivity index (χ4v) is 3.95. The van der Waals surface area contributed by atoms with Crippen LogP contribution in [0.1, 0.15) is 45.7 Å². The van der Waals surface area contributed by atoms with Crippen LogP contribution in [-0.4, -0.2) is 55.0 Å². The zero-order valence-corrected chi connectivity index (χ0v) is 18.1. The second-order valence-electron chi connectivity index (χ2n) is 9.05. The van der Waals surface area contributed by atoms with Crippen molar-refractivity contribution < 1.29 is 0 Å². The van der Waals surface area contributed by atoms with Gasteiger partial charge in [0.1, 0.15) is 5.82 Å². The average molecular weight is 410 g/mol. The lowest BCUT2D eigenvalue weighted by Gasteiger charge is -2.36. The summed E-state index contributed by atoms with van der Waals surface area (Å²) in [5.41, 5.74) is 1.68. The molecule has 0 amide bonds. The first-order valence-electron chi connectivity index (χ1n) is 10.8. The molecule has 0 spiro atoms. The lowest BCUT2D eigenvalue weighted by atomic mass is 9.92. The third kappa shape index (κ3) is 4.70. The molecule has 0 saturated carbocycles. The average Bonchev–Trinajstić information content (AvgIpc) is 3.19. The summed E-state index contributed by atoms with van der Waals surface area (Å²) in [5, 5.41) is 12.6. The number of rotatable bonds is 6. The molecular formula is C22H31N7O. The molecule has 1 aliphatic rings. The van der Waals surface area contributed by atoms with E-state index in [1.807, 2.05) is 24.4 Å². The Kier molecular flexibility index (Phi) is 5.85. The molecule has 3 aromatic heterocycles. The Hall–Kier alpha value is -2.74. The van der Waals surface area contributed by atoms with Gasteiger partial charge in [-0.05, 0) is 37.6 Å². The quantitative estimate of drug-likeness (QED) is 0.674. The van der Waals surface area contributed by atoms with Crippen LogP contribution in [0.4, 0.5) is 5.82 Å². The van der Waals surface area contributed by atoms with Crippen molar-refractivity contribution in [2.75, 3.05) is 25.0 Å². The van der Waals surface area contributed by atoms with Crippen molar-refractivity contribution in [2.24, 2.45) is 0 Å². The van der Waals surface area contributed by atoms with Crippen LogP contribution in [0.25, 0.3) is 5.65 Å². The summed E-state index contributed by atoms with van der Waals surface area (Å²) >= 11 is 0. The van der Waals surface area contributed by atoms with Crippen LogP contribution in [0.15, 0.2) is 41.5 Å². The molecule has 8 nitrogen and oxygen atoms in total. The Morgan fingerprint density at radius 1 is 1.10 bits per heavy atom. The molecule has 8 heteroatoms. The molecule has 160 valence electrons. The van der Waals surface area contributed by atoms with Crippen LogP contribution in [0, 0.1) is 0 Å². The van der Waals surface area contributed by atoms with E-state index in [-0.39, 0.29) is 11.0 Å². The first kappa shape index (κ1) is 20.5. The first-order chi connectivity index (χ1) is 14.4. The van der Waals surface area contributed by atoms with Gasteiger partial charge in [-0.2, -0.15) is 5.10 Å². The minimum absolute atomic E-state index is 0.0347. The lowest BCUT2D eigenvalue weighted by molar-refractivity contribution is 0.147. The van der Waals surface area contributed by atoms with Crippen molar-refractivity contribution >= 4 is 11.5 Å². The second-order valence-corrected chi connectivity index (χ2v) is 9.05. The van der Waals surface area contributed by atoms with E-state index in [0.29, 0.717) is 12.6 Å². The number of nitrogens with one attached hydrogen (secondary N) is 1. The van der Waals surface area contributed by atoms with E-state index in [1.54, 1.807) is 21.5 Å². The Morgan fingerprint density at radius 3 is 2.80 bits per heavy atom. The largest absolute Gasteiger partial charge is 0.367 e. The van der Waals surface area contributed by atoms with Crippen molar-refractivity contribution in [3.63, 3.8) is 0 Å². The van der Waals surface area contributed by atoms with Gasteiger partial charge in [0.05, 0.1) is 12.2 Å². The van der Waals surface area contributed by atoms with Gasteiger partial charge in [0.15, 0.2) is 5.65 Å². The molecule has 1 N–H and O–H groups in total. The van der Waals surface area contributed by atoms with E-state index in [9.17, 15) is 4.79 Å². The summed E-state index contributed by atoms with van der Waals surface area (Å²) in [6.45, 7) is 9.66. The molecule has 4 rings (SSSR count). The fraction of sp³-hybridized carbons (Fsp3) is 0.545. The van der Waals surface area contributed by atoms with E-state index in [4.69, 9.17) is 0 Å². The van der Waals surface area contributed by atoms with E-state index < -0.39 is 0 Å². The number of fused-ring (bicyclic) bond motifs is 1. The van der Waals surface area contributed by atoms with Crippen LogP contribution in [0.2, 0.25) is 0 Å². The second kappa shape index (κ2) is 8.55. The van der Waals surface area contributed by atoms with E-state index >= 15 is 0 Å². The third-order valence-corrected chi connectivity index (χ3v) is 5.76. The Bertz CT molecular complexity index is 1050. The summed E-state index contributed by atoms with van der Waals surface area (Å²) in [6, 6.07) is 7.84. The highest BCUT2D eigenvalue weighted by Crippen LogP contribution is 2.19. The van der Waals surface area contributed by atoms with Crippen LogP contribution in [0.3, 0.4) is 0 Å². The summed E-state index contributed by atoms with van der Waals surface area (Å²) < 4.78 is 3.40. The molecule has 1 unspecified atom stereocenters. The van der Waals surface area contributed by atoms with E-state index in [1.165, 1.54) is 12.8 Å². The van der Waals surface area contributed by atoms with Gasteiger partial charge in [-0.25, -0.2) is 14.2 Å². The van der Waals surface area contributed by atoms with Crippen molar-refractivity contribution in [1.82, 2.24) is 29.3 Å². The number of likely N-dealkylation sites (tertiary alicyclic amines) is 1. The maximum absolute atomic E-state index is 12.3. The minimum atomic E-state index is -0.0730. The molecule has 1 atom stereocenters. The number of aromatic nitrogens is 5. The standard InChI is InChI=1S/C22H31N7O/c1-22(2,3)18-7-10-21(30)29(25-18)15-14-27-12-5-4-6-17(27)16-24-19-8-9-20-23-11-13-28(20)26-19/h7-11,13,17H,4-6,12,14-16H2,1-3H3,(H,24,26). The predicted octanol–water partition coefficient (Wildman–Crippen LogP) is 2.55. The smallest absolute Gasteiger partial charge is 0.266 e. The van der Waals surface area contributed by atoms with Gasteiger partial charge in [0.25, 0.3) is 5.56 Å². The van der Waals surface area contributed by atoms with Crippen LogP contribution >= 0.6 is 0 Å². The van der Waals surface area contributed by atoms with Crippen molar-refractivity contribution in [2.45, 2.75) is 58.0 Å². The predicted molar refractivity (Wildman–Crippen MR) is 118 cm³/mol. The monoisotopic (exact) mass is 409 g/mol. The fourth-order valence-electron chi connectivity index (χ4n) is 3.95. The third-order valence-electron chi connectivity index (χ3n) is 5.76. The maximum atomic E-state index is 12.3. The Labute approximate surface area is 176 Å². The highest BCUT2D eigenvalue weighted by molar-refractivity contribution is 5.43. The zero-order chi connectivity index (χ0) is 21.1. The summed E-state index contributed by atoms with van der Waals surface area (Å²) in [4.78, 5) is 19.0. The van der Waals surface area contributed by atoms with Gasteiger partial charge in [-0.15, -0.1) is 5.10 Å².